The van der Waals surface area contributed by atoms with Crippen molar-refractivity contribution in [2.45, 2.75) is 43.5 Å². The Morgan fingerprint density at radius 2 is 1.55 bits per heavy atom. The Labute approximate surface area is 173 Å². The largest absolute Gasteiger partial charge is 0.335 e. The second-order valence-corrected chi connectivity index (χ2v) is 10.0. The van der Waals surface area contributed by atoms with Gasteiger partial charge in [0.05, 0.1) is 10.9 Å². The predicted octanol–water partition coefficient (Wildman–Crippen LogP) is 3.76. The zero-order chi connectivity index (χ0) is 20.4. The number of nitrogens with zero attached hydrogens (tertiary/aromatic N) is 2. The molecule has 29 heavy (non-hydrogen) atoms. The Morgan fingerprint density at radius 1 is 0.897 bits per heavy atom. The summed E-state index contributed by atoms with van der Waals surface area (Å²) in [5.41, 5.74) is 2.23. The van der Waals surface area contributed by atoms with Crippen molar-refractivity contribution in [2.75, 3.05) is 19.6 Å². The lowest BCUT2D eigenvalue weighted by atomic mass is 9.95. The van der Waals surface area contributed by atoms with Gasteiger partial charge in [0.2, 0.25) is 15.9 Å². The molecule has 0 bridgehead atoms. The van der Waals surface area contributed by atoms with Crippen molar-refractivity contribution in [2.24, 2.45) is 5.92 Å². The van der Waals surface area contributed by atoms with Gasteiger partial charge in [-0.05, 0) is 50.3 Å². The average Bonchev–Trinajstić information content (AvgIpc) is 3.24. The van der Waals surface area contributed by atoms with Gasteiger partial charge in [0.25, 0.3) is 0 Å². The van der Waals surface area contributed by atoms with Crippen LogP contribution in [-0.4, -0.2) is 43.2 Å². The predicted molar refractivity (Wildman–Crippen MR) is 113 cm³/mol. The highest BCUT2D eigenvalue weighted by atomic mass is 32.2. The van der Waals surface area contributed by atoms with Crippen LogP contribution >= 0.6 is 0 Å². The summed E-state index contributed by atoms with van der Waals surface area (Å²) in [7, 11) is -3.49. The molecule has 2 aromatic carbocycles. The van der Waals surface area contributed by atoms with Gasteiger partial charge in [-0.1, -0.05) is 48.0 Å². The van der Waals surface area contributed by atoms with Gasteiger partial charge in [0, 0.05) is 25.6 Å². The summed E-state index contributed by atoms with van der Waals surface area (Å²) in [6.07, 6.45) is 3.19. The standard InChI is InChI=1S/C23H28N2O3S/c1-18-9-11-21(12-10-18)29(27,28)24-16-13-20(14-17-24)23(26)25-15-5-8-22(25)19-6-3-2-4-7-19/h2-4,6-7,9-12,20,22H,5,8,13-17H2,1H3/t22-/m0/s1. The third-order valence-corrected chi connectivity index (χ3v) is 8.10. The fraction of sp³-hybridized carbons (Fsp3) is 0.435. The molecule has 2 heterocycles. The van der Waals surface area contributed by atoms with Crippen LogP contribution in [-0.2, 0) is 14.8 Å². The van der Waals surface area contributed by atoms with E-state index >= 15 is 0 Å². The van der Waals surface area contributed by atoms with Crippen molar-refractivity contribution in [3.8, 4) is 0 Å². The molecule has 2 aliphatic heterocycles. The molecule has 0 aromatic heterocycles. The van der Waals surface area contributed by atoms with Gasteiger partial charge in [0.1, 0.15) is 0 Å². The van der Waals surface area contributed by atoms with Crippen LogP contribution in [0, 0.1) is 12.8 Å². The van der Waals surface area contributed by atoms with Crippen LogP contribution < -0.4 is 0 Å². The van der Waals surface area contributed by atoms with Crippen molar-refractivity contribution >= 4 is 15.9 Å². The number of amides is 1. The molecular formula is C23H28N2O3S. The zero-order valence-corrected chi connectivity index (χ0v) is 17.6. The minimum absolute atomic E-state index is 0.0937. The lowest BCUT2D eigenvalue weighted by Gasteiger charge is -2.34. The number of carbonyl (C=O) groups excluding carboxylic acids is 1. The Bertz CT molecular complexity index is 949. The summed E-state index contributed by atoms with van der Waals surface area (Å²) in [6, 6.07) is 17.3. The third-order valence-electron chi connectivity index (χ3n) is 6.18. The molecule has 1 atom stereocenters. The Hall–Kier alpha value is -2.18. The molecule has 154 valence electrons. The molecule has 0 spiro atoms. The number of sulfonamides is 1. The number of benzene rings is 2. The minimum Gasteiger partial charge on any atom is -0.335 e. The number of rotatable bonds is 4. The molecule has 0 saturated carbocycles. The number of hydrogen-bond acceptors (Lipinski definition) is 3. The Kier molecular flexibility index (Phi) is 5.74. The van der Waals surface area contributed by atoms with Crippen LogP contribution in [0.25, 0.3) is 0 Å². The van der Waals surface area contributed by atoms with Gasteiger partial charge in [-0.3, -0.25) is 4.79 Å². The van der Waals surface area contributed by atoms with Crippen LogP contribution in [0.15, 0.2) is 59.5 Å². The molecule has 6 heteroatoms. The van der Waals surface area contributed by atoms with Gasteiger partial charge in [0.15, 0.2) is 0 Å². The number of piperidine rings is 1. The lowest BCUT2D eigenvalue weighted by molar-refractivity contribution is -0.137. The monoisotopic (exact) mass is 412 g/mol. The zero-order valence-electron chi connectivity index (χ0n) is 16.8. The molecule has 2 fully saturated rings. The van der Waals surface area contributed by atoms with Crippen LogP contribution in [0.2, 0.25) is 0 Å². The van der Waals surface area contributed by atoms with Crippen LogP contribution in [0.5, 0.6) is 0 Å². The van der Waals surface area contributed by atoms with E-state index in [0.717, 1.165) is 24.9 Å². The van der Waals surface area contributed by atoms with E-state index in [-0.39, 0.29) is 17.9 Å². The van der Waals surface area contributed by atoms with Gasteiger partial charge < -0.3 is 4.90 Å². The van der Waals surface area contributed by atoms with Gasteiger partial charge >= 0.3 is 0 Å². The van der Waals surface area contributed by atoms with E-state index in [4.69, 9.17) is 0 Å². The second kappa shape index (κ2) is 8.28. The fourth-order valence-corrected chi connectivity index (χ4v) is 5.96. The van der Waals surface area contributed by atoms with E-state index < -0.39 is 10.0 Å². The molecular weight excluding hydrogens is 384 g/mol. The van der Waals surface area contributed by atoms with Crippen molar-refractivity contribution in [1.82, 2.24) is 9.21 Å². The highest BCUT2D eigenvalue weighted by Gasteiger charge is 2.37. The highest BCUT2D eigenvalue weighted by Crippen LogP contribution is 2.35. The summed E-state index contributed by atoms with van der Waals surface area (Å²) in [4.78, 5) is 15.6. The summed E-state index contributed by atoms with van der Waals surface area (Å²) >= 11 is 0. The maximum Gasteiger partial charge on any atom is 0.243 e. The molecule has 4 rings (SSSR count). The quantitative estimate of drug-likeness (QED) is 0.768. The molecule has 2 aliphatic rings. The summed E-state index contributed by atoms with van der Waals surface area (Å²) < 4.78 is 27.3. The summed E-state index contributed by atoms with van der Waals surface area (Å²) in [5.74, 6) is 0.0903. The first-order valence-electron chi connectivity index (χ1n) is 10.4. The van der Waals surface area contributed by atoms with Crippen molar-refractivity contribution in [3.05, 3.63) is 65.7 Å². The van der Waals surface area contributed by atoms with Crippen LogP contribution in [0.3, 0.4) is 0 Å². The molecule has 0 aliphatic carbocycles. The molecule has 0 N–H and O–H groups in total. The first kappa shape index (κ1) is 20.1. The molecule has 0 unspecified atom stereocenters. The molecule has 5 nitrogen and oxygen atoms in total. The lowest BCUT2D eigenvalue weighted by Crippen LogP contribution is -2.44. The molecule has 2 saturated heterocycles. The van der Waals surface area contributed by atoms with Crippen molar-refractivity contribution < 1.29 is 13.2 Å². The number of aryl methyl sites for hydroxylation is 1. The van der Waals surface area contributed by atoms with E-state index in [9.17, 15) is 13.2 Å². The van der Waals surface area contributed by atoms with E-state index in [1.807, 2.05) is 42.2 Å². The van der Waals surface area contributed by atoms with E-state index in [1.165, 1.54) is 9.87 Å². The Balaban J connectivity index is 1.41. The van der Waals surface area contributed by atoms with Crippen LogP contribution in [0.4, 0.5) is 0 Å². The summed E-state index contributed by atoms with van der Waals surface area (Å²) in [6.45, 7) is 3.53. The molecule has 0 radical (unpaired) electrons. The van der Waals surface area contributed by atoms with Gasteiger partial charge in [-0.15, -0.1) is 0 Å². The third kappa shape index (κ3) is 4.09. The smallest absolute Gasteiger partial charge is 0.243 e. The average molecular weight is 413 g/mol. The minimum atomic E-state index is -3.49. The fourth-order valence-electron chi connectivity index (χ4n) is 4.49. The van der Waals surface area contributed by atoms with E-state index in [2.05, 4.69) is 12.1 Å². The van der Waals surface area contributed by atoms with E-state index in [1.54, 1.807) is 12.1 Å². The normalized spacial score (nSPS) is 21.4. The first-order chi connectivity index (χ1) is 14.0. The number of carbonyl (C=O) groups is 1. The maximum atomic E-state index is 13.2. The van der Waals surface area contributed by atoms with Gasteiger partial charge in [-0.25, -0.2) is 8.42 Å². The maximum absolute atomic E-state index is 13.2. The topological polar surface area (TPSA) is 57.7 Å². The number of likely N-dealkylation sites (tertiary alicyclic amines) is 1. The second-order valence-electron chi connectivity index (χ2n) is 8.09. The van der Waals surface area contributed by atoms with E-state index in [0.29, 0.717) is 30.8 Å². The van der Waals surface area contributed by atoms with Crippen molar-refractivity contribution in [1.29, 1.82) is 0 Å². The SMILES string of the molecule is Cc1ccc(S(=O)(=O)N2CCC(C(=O)N3CCC[C@H]3c3ccccc3)CC2)cc1. The molecule has 2 aromatic rings. The molecule has 1 amide bonds. The summed E-state index contributed by atoms with van der Waals surface area (Å²) in [5, 5.41) is 0. The van der Waals surface area contributed by atoms with Crippen LogP contribution in [0.1, 0.15) is 42.9 Å². The first-order valence-corrected chi connectivity index (χ1v) is 11.8. The number of hydrogen-bond donors (Lipinski definition) is 0. The van der Waals surface area contributed by atoms with Gasteiger partial charge in [-0.2, -0.15) is 4.31 Å². The Morgan fingerprint density at radius 3 is 2.21 bits per heavy atom. The van der Waals surface area contributed by atoms with Crippen molar-refractivity contribution in [3.63, 3.8) is 0 Å². The highest BCUT2D eigenvalue weighted by molar-refractivity contribution is 7.89.